The van der Waals surface area contributed by atoms with Crippen LogP contribution in [0.15, 0.2) is 11.3 Å². The fraction of sp³-hybridized carbons (Fsp3) is 0.667. The van der Waals surface area contributed by atoms with E-state index < -0.39 is 0 Å². The molecule has 1 unspecified atom stereocenters. The van der Waals surface area contributed by atoms with Crippen molar-refractivity contribution in [3.63, 3.8) is 0 Å². The third-order valence-electron chi connectivity index (χ3n) is 1.99. The van der Waals surface area contributed by atoms with E-state index in [2.05, 4.69) is 12.2 Å². The van der Waals surface area contributed by atoms with E-state index in [1.165, 1.54) is 18.7 Å². The highest BCUT2D eigenvalue weighted by Gasteiger charge is 2.31. The Kier molecular flexibility index (Phi) is 0.432. The van der Waals surface area contributed by atoms with Crippen LogP contribution < -0.4 is 5.32 Å². The van der Waals surface area contributed by atoms with Crippen LogP contribution in [0.1, 0.15) is 13.3 Å². The molecule has 1 heterocycles. The second kappa shape index (κ2) is 0.857. The predicted octanol–water partition coefficient (Wildman–Crippen LogP) is 0.883. The molecule has 1 aliphatic heterocycles. The van der Waals surface area contributed by atoms with Crippen LogP contribution in [0.25, 0.3) is 0 Å². The normalized spacial score (nSPS) is 35.3. The lowest BCUT2D eigenvalue weighted by molar-refractivity contribution is 0.452. The Bertz CT molecular complexity index is 135. The van der Waals surface area contributed by atoms with Gasteiger partial charge in [0.2, 0.25) is 0 Å². The number of piperidine rings is 1. The summed E-state index contributed by atoms with van der Waals surface area (Å²) < 4.78 is 0. The molecule has 0 saturated carbocycles. The molecule has 0 fully saturated rings. The summed E-state index contributed by atoms with van der Waals surface area (Å²) in [4.78, 5) is 0. The van der Waals surface area contributed by atoms with Gasteiger partial charge in [0.15, 0.2) is 0 Å². The van der Waals surface area contributed by atoms with Gasteiger partial charge in [-0.05, 0) is 17.9 Å². The summed E-state index contributed by atoms with van der Waals surface area (Å²) in [5.74, 6) is 0.913. The lowest BCUT2D eigenvalue weighted by Gasteiger charge is -2.40. The van der Waals surface area contributed by atoms with Crippen LogP contribution in [0.3, 0.4) is 0 Å². The molecule has 1 atom stereocenters. The second-order valence-corrected chi connectivity index (χ2v) is 2.46. The highest BCUT2D eigenvalue weighted by molar-refractivity contribution is 5.35. The monoisotopic (exact) mass is 95.1 g/mol. The minimum atomic E-state index is 0.913. The lowest BCUT2D eigenvalue weighted by atomic mass is 9.78. The topological polar surface area (TPSA) is 12.0 Å². The van der Waals surface area contributed by atoms with Crippen molar-refractivity contribution in [2.24, 2.45) is 5.92 Å². The fourth-order valence-corrected chi connectivity index (χ4v) is 1.29. The van der Waals surface area contributed by atoms with Crippen molar-refractivity contribution in [1.29, 1.82) is 0 Å². The van der Waals surface area contributed by atoms with Gasteiger partial charge in [-0.2, -0.15) is 0 Å². The molecular formula is C6H9N. The zero-order valence-electron chi connectivity index (χ0n) is 4.49. The first-order valence-electron chi connectivity index (χ1n) is 2.83. The number of nitrogens with one attached hydrogen (secondary N) is 1. The Hall–Kier alpha value is -0.460. The quantitative estimate of drug-likeness (QED) is 0.471. The maximum absolute atomic E-state index is 3.25. The summed E-state index contributed by atoms with van der Waals surface area (Å²) in [5, 5.41) is 3.25. The summed E-state index contributed by atoms with van der Waals surface area (Å²) in [6.07, 6.45) is 1.31. The van der Waals surface area contributed by atoms with Crippen molar-refractivity contribution in [2.45, 2.75) is 13.3 Å². The Morgan fingerprint density at radius 2 is 2.57 bits per heavy atom. The number of hydrogen-bond acceptors (Lipinski definition) is 1. The Morgan fingerprint density at radius 1 is 1.71 bits per heavy atom. The van der Waals surface area contributed by atoms with Gasteiger partial charge in [0.25, 0.3) is 0 Å². The van der Waals surface area contributed by atoms with Crippen molar-refractivity contribution in [1.82, 2.24) is 5.32 Å². The molecule has 0 amide bonds. The standard InChI is InChI=1S/C6H9N/c1-4-2-6-5(4)3-7-6/h4,7H,2-3H2,1H3. The molecule has 0 radical (unpaired) electrons. The summed E-state index contributed by atoms with van der Waals surface area (Å²) in [6, 6.07) is 0. The van der Waals surface area contributed by atoms with Gasteiger partial charge in [0.05, 0.1) is 0 Å². The van der Waals surface area contributed by atoms with Crippen LogP contribution in [0.5, 0.6) is 0 Å². The molecule has 1 aliphatic carbocycles. The molecule has 1 heteroatoms. The van der Waals surface area contributed by atoms with Gasteiger partial charge in [-0.3, -0.25) is 0 Å². The van der Waals surface area contributed by atoms with Crippen molar-refractivity contribution < 1.29 is 0 Å². The molecule has 38 valence electrons. The molecule has 0 aromatic heterocycles. The summed E-state index contributed by atoms with van der Waals surface area (Å²) >= 11 is 0. The van der Waals surface area contributed by atoms with Gasteiger partial charge in [-0.25, -0.2) is 0 Å². The summed E-state index contributed by atoms with van der Waals surface area (Å²) in [6.45, 7) is 3.47. The average molecular weight is 95.1 g/mol. The smallest absolute Gasteiger partial charge is 0.0379 e. The molecule has 0 aromatic carbocycles. The van der Waals surface area contributed by atoms with Crippen molar-refractivity contribution in [3.05, 3.63) is 11.3 Å². The van der Waals surface area contributed by atoms with Crippen molar-refractivity contribution >= 4 is 0 Å². The highest BCUT2D eigenvalue weighted by atomic mass is 15.0. The van der Waals surface area contributed by atoms with Gasteiger partial charge in [-0.15, -0.1) is 0 Å². The van der Waals surface area contributed by atoms with Crippen LogP contribution in [-0.2, 0) is 0 Å². The number of hydrogen-bond donors (Lipinski definition) is 1. The van der Waals surface area contributed by atoms with E-state index in [1.807, 2.05) is 0 Å². The number of rotatable bonds is 0. The number of allylic oxidation sites excluding steroid dienone is 1. The predicted molar refractivity (Wildman–Crippen MR) is 28.8 cm³/mol. The van der Waals surface area contributed by atoms with Crippen LogP contribution in [0.4, 0.5) is 0 Å². The zero-order chi connectivity index (χ0) is 4.85. The first-order chi connectivity index (χ1) is 3.38. The largest absolute Gasteiger partial charge is 0.384 e. The van der Waals surface area contributed by atoms with Crippen molar-refractivity contribution in [3.8, 4) is 0 Å². The molecule has 2 aliphatic rings. The summed E-state index contributed by atoms with van der Waals surface area (Å²) in [7, 11) is 0. The molecule has 1 nitrogen and oxygen atoms in total. The Labute approximate surface area is 43.4 Å². The molecule has 7 heavy (non-hydrogen) atoms. The van der Waals surface area contributed by atoms with E-state index in [0.717, 1.165) is 5.92 Å². The van der Waals surface area contributed by atoms with Gasteiger partial charge >= 0.3 is 0 Å². The SMILES string of the molecule is CC1CC2=C1CN2. The molecular weight excluding hydrogens is 86.1 g/mol. The zero-order valence-corrected chi connectivity index (χ0v) is 4.49. The Balaban J connectivity index is 2.29. The molecule has 0 saturated heterocycles. The average Bonchev–Trinajstić information content (AvgIpc) is 1.59. The molecule has 0 bridgehead atoms. The van der Waals surface area contributed by atoms with Crippen LogP contribution >= 0.6 is 0 Å². The van der Waals surface area contributed by atoms with E-state index in [1.54, 1.807) is 5.57 Å². The van der Waals surface area contributed by atoms with E-state index >= 15 is 0 Å². The Morgan fingerprint density at radius 3 is 2.57 bits per heavy atom. The van der Waals surface area contributed by atoms with Crippen LogP contribution in [0.2, 0.25) is 0 Å². The highest BCUT2D eigenvalue weighted by Crippen LogP contribution is 2.37. The summed E-state index contributed by atoms with van der Waals surface area (Å²) in [5.41, 5.74) is 3.22. The fourth-order valence-electron chi connectivity index (χ4n) is 1.29. The first-order valence-corrected chi connectivity index (χ1v) is 2.83. The van der Waals surface area contributed by atoms with Gasteiger partial charge in [0, 0.05) is 12.2 Å². The molecule has 0 aromatic rings. The van der Waals surface area contributed by atoms with Gasteiger partial charge in [0.1, 0.15) is 0 Å². The van der Waals surface area contributed by atoms with E-state index in [-0.39, 0.29) is 0 Å². The third-order valence-corrected chi connectivity index (χ3v) is 1.99. The lowest BCUT2D eigenvalue weighted by Crippen LogP contribution is -2.41. The molecule has 1 N–H and O–H groups in total. The second-order valence-electron chi connectivity index (χ2n) is 2.46. The van der Waals surface area contributed by atoms with Gasteiger partial charge < -0.3 is 5.32 Å². The van der Waals surface area contributed by atoms with Crippen LogP contribution in [-0.4, -0.2) is 6.54 Å². The van der Waals surface area contributed by atoms with E-state index in [0.29, 0.717) is 0 Å². The molecule has 2 rings (SSSR count). The molecule has 0 spiro atoms. The minimum Gasteiger partial charge on any atom is -0.384 e. The minimum absolute atomic E-state index is 0.913. The maximum Gasteiger partial charge on any atom is 0.0379 e. The van der Waals surface area contributed by atoms with Gasteiger partial charge in [-0.1, -0.05) is 6.92 Å². The van der Waals surface area contributed by atoms with E-state index in [9.17, 15) is 0 Å². The first kappa shape index (κ1) is 3.53. The van der Waals surface area contributed by atoms with E-state index in [4.69, 9.17) is 0 Å². The maximum atomic E-state index is 3.25. The van der Waals surface area contributed by atoms with Crippen molar-refractivity contribution in [2.75, 3.05) is 6.54 Å². The third kappa shape index (κ3) is 0.254. The van der Waals surface area contributed by atoms with Crippen LogP contribution in [0, 0.1) is 5.92 Å².